The minimum absolute atomic E-state index is 0.0538. The standard InChI is InChI=1S/C23H30N8O3/c1-15-11-33-8-7-30(15)19-9-17(16-10-27-31(20(16)28-19)18(26)5-6-24)23(12-25)13-29(14-23)21(32)34-22(2,3)4/h5-6,9-10,15,26H,7-8,11,13-14,24H2,1-4H3/b6-5-,26-18?/t15-/m1/s1. The number of nitrogens with two attached hydrogens (primary N) is 1. The minimum atomic E-state index is -0.942. The summed E-state index contributed by atoms with van der Waals surface area (Å²) in [5, 5.41) is 23.6. The van der Waals surface area contributed by atoms with Crippen LogP contribution in [0.5, 0.6) is 0 Å². The predicted molar refractivity (Wildman–Crippen MR) is 127 cm³/mol. The SMILES string of the molecule is C[C@@H]1COCCN1c1cc(C2(C#N)CN(C(=O)OC(C)(C)C)C2)c2cnn(C(=N)/C=C\N)c2n1. The summed E-state index contributed by atoms with van der Waals surface area (Å²) in [6.07, 6.45) is 3.85. The van der Waals surface area contributed by atoms with Crippen LogP contribution in [-0.2, 0) is 14.9 Å². The number of anilines is 1. The number of hydrogen-bond acceptors (Lipinski definition) is 9. The molecule has 2 aromatic rings. The normalized spacial score (nSPS) is 20.3. The third-order valence-electron chi connectivity index (χ3n) is 5.97. The van der Waals surface area contributed by atoms with E-state index in [2.05, 4.69) is 23.0 Å². The fourth-order valence-electron chi connectivity index (χ4n) is 4.30. The van der Waals surface area contributed by atoms with Crippen LogP contribution < -0.4 is 10.6 Å². The van der Waals surface area contributed by atoms with Crippen LogP contribution in [0.15, 0.2) is 24.5 Å². The third kappa shape index (κ3) is 4.17. The summed E-state index contributed by atoms with van der Waals surface area (Å²) < 4.78 is 12.4. The molecule has 1 atom stereocenters. The molecule has 180 valence electrons. The number of allylic oxidation sites excluding steroid dienone is 1. The molecule has 2 fully saturated rings. The zero-order valence-corrected chi connectivity index (χ0v) is 19.9. The zero-order chi connectivity index (χ0) is 24.7. The molecular formula is C23H30N8O3. The van der Waals surface area contributed by atoms with Gasteiger partial charge in [0.1, 0.15) is 22.7 Å². The van der Waals surface area contributed by atoms with Crippen LogP contribution in [0.2, 0.25) is 0 Å². The van der Waals surface area contributed by atoms with Crippen LogP contribution in [0.25, 0.3) is 11.0 Å². The number of hydrogen-bond donors (Lipinski definition) is 2. The molecule has 1 amide bonds. The van der Waals surface area contributed by atoms with Gasteiger partial charge in [-0.2, -0.15) is 15.0 Å². The molecule has 0 saturated carbocycles. The Morgan fingerprint density at radius 2 is 2.18 bits per heavy atom. The smallest absolute Gasteiger partial charge is 0.410 e. The van der Waals surface area contributed by atoms with Crippen LogP contribution in [0.4, 0.5) is 10.6 Å². The van der Waals surface area contributed by atoms with E-state index in [1.54, 1.807) is 6.20 Å². The van der Waals surface area contributed by atoms with Gasteiger partial charge in [-0.15, -0.1) is 0 Å². The molecule has 2 aliphatic rings. The average Bonchev–Trinajstić information content (AvgIpc) is 3.16. The lowest BCUT2D eigenvalue weighted by molar-refractivity contribution is -0.000280. The number of morpholine rings is 1. The highest BCUT2D eigenvalue weighted by Gasteiger charge is 2.50. The first-order valence-electron chi connectivity index (χ1n) is 11.2. The maximum atomic E-state index is 12.6. The third-order valence-corrected chi connectivity index (χ3v) is 5.97. The van der Waals surface area contributed by atoms with Gasteiger partial charge >= 0.3 is 6.09 Å². The highest BCUT2D eigenvalue weighted by Crippen LogP contribution is 2.40. The van der Waals surface area contributed by atoms with E-state index in [4.69, 9.17) is 25.6 Å². The van der Waals surface area contributed by atoms with E-state index in [9.17, 15) is 10.1 Å². The van der Waals surface area contributed by atoms with Crippen molar-refractivity contribution in [2.75, 3.05) is 37.7 Å². The quantitative estimate of drug-likeness (QED) is 0.515. The van der Waals surface area contributed by atoms with Crippen LogP contribution in [0, 0.1) is 16.7 Å². The Labute approximate surface area is 198 Å². The number of carbonyl (C=O) groups excluding carboxylic acids is 1. The zero-order valence-electron chi connectivity index (χ0n) is 19.9. The molecule has 0 spiro atoms. The summed E-state index contributed by atoms with van der Waals surface area (Å²) in [6, 6.07) is 4.43. The Kier molecular flexibility index (Phi) is 5.95. The lowest BCUT2D eigenvalue weighted by Gasteiger charge is -2.46. The van der Waals surface area contributed by atoms with Gasteiger partial charge in [0.15, 0.2) is 5.65 Å². The highest BCUT2D eigenvalue weighted by atomic mass is 16.6. The molecule has 11 heteroatoms. The van der Waals surface area contributed by atoms with Gasteiger partial charge in [0.2, 0.25) is 0 Å². The molecule has 11 nitrogen and oxygen atoms in total. The van der Waals surface area contributed by atoms with Crippen LogP contribution >= 0.6 is 0 Å². The van der Waals surface area contributed by atoms with Crippen molar-refractivity contribution < 1.29 is 14.3 Å². The van der Waals surface area contributed by atoms with Gasteiger partial charge in [0, 0.05) is 25.0 Å². The summed E-state index contributed by atoms with van der Waals surface area (Å²) >= 11 is 0. The van der Waals surface area contributed by atoms with Gasteiger partial charge in [0.25, 0.3) is 0 Å². The Morgan fingerprint density at radius 1 is 1.44 bits per heavy atom. The van der Waals surface area contributed by atoms with Crippen molar-refractivity contribution in [1.82, 2.24) is 19.7 Å². The highest BCUT2D eigenvalue weighted by molar-refractivity contribution is 5.98. The molecule has 3 N–H and O–H groups in total. The van der Waals surface area contributed by atoms with Gasteiger partial charge in [0.05, 0.1) is 31.5 Å². The molecule has 0 bridgehead atoms. The van der Waals surface area contributed by atoms with Crippen molar-refractivity contribution in [3.63, 3.8) is 0 Å². The predicted octanol–water partition coefficient (Wildman–Crippen LogP) is 1.97. The fraction of sp³-hybridized carbons (Fsp3) is 0.522. The van der Waals surface area contributed by atoms with E-state index in [1.165, 1.54) is 21.9 Å². The molecule has 4 heterocycles. The number of likely N-dealkylation sites (tertiary alicyclic amines) is 1. The van der Waals surface area contributed by atoms with Gasteiger partial charge in [-0.3, -0.25) is 5.41 Å². The molecule has 0 unspecified atom stereocenters. The van der Waals surface area contributed by atoms with Gasteiger partial charge < -0.3 is 25.0 Å². The molecule has 2 saturated heterocycles. The van der Waals surface area contributed by atoms with Crippen molar-refractivity contribution in [2.45, 2.75) is 44.8 Å². The molecule has 4 rings (SSSR count). The molecule has 0 radical (unpaired) electrons. The van der Waals surface area contributed by atoms with Crippen LogP contribution in [0.3, 0.4) is 0 Å². The maximum absolute atomic E-state index is 12.6. The molecule has 0 aliphatic carbocycles. The van der Waals surface area contributed by atoms with Crippen molar-refractivity contribution in [1.29, 1.82) is 10.7 Å². The number of fused-ring (bicyclic) bond motifs is 1. The topological polar surface area (TPSA) is 146 Å². The summed E-state index contributed by atoms with van der Waals surface area (Å²) in [4.78, 5) is 21.0. The van der Waals surface area contributed by atoms with Gasteiger partial charge in [-0.1, -0.05) is 0 Å². The summed E-state index contributed by atoms with van der Waals surface area (Å²) in [5.74, 6) is 0.730. The lowest BCUT2D eigenvalue weighted by atomic mass is 9.74. The molecule has 0 aromatic carbocycles. The fourth-order valence-corrected chi connectivity index (χ4v) is 4.30. The van der Waals surface area contributed by atoms with Crippen LogP contribution in [-0.4, -0.2) is 76.1 Å². The first-order chi connectivity index (χ1) is 16.1. The second-order valence-electron chi connectivity index (χ2n) is 9.71. The number of nitrogens with one attached hydrogen (secondary N) is 1. The van der Waals surface area contributed by atoms with E-state index in [0.29, 0.717) is 36.6 Å². The van der Waals surface area contributed by atoms with Crippen molar-refractivity contribution in [2.24, 2.45) is 5.73 Å². The van der Waals surface area contributed by atoms with Crippen LogP contribution in [0.1, 0.15) is 33.3 Å². The number of amides is 1. The monoisotopic (exact) mass is 466 g/mol. The Bertz CT molecular complexity index is 1180. The Balaban J connectivity index is 1.79. The number of rotatable bonds is 3. The van der Waals surface area contributed by atoms with Gasteiger partial charge in [-0.25, -0.2) is 9.78 Å². The summed E-state index contributed by atoms with van der Waals surface area (Å²) in [5.41, 5.74) is 5.11. The summed E-state index contributed by atoms with van der Waals surface area (Å²) in [6.45, 7) is 9.65. The second kappa shape index (κ2) is 8.61. The number of pyridine rings is 1. The van der Waals surface area contributed by atoms with Gasteiger partial charge in [-0.05, 0) is 51.6 Å². The summed E-state index contributed by atoms with van der Waals surface area (Å²) in [7, 11) is 0. The average molecular weight is 467 g/mol. The van der Waals surface area contributed by atoms with E-state index in [1.807, 2.05) is 26.8 Å². The maximum Gasteiger partial charge on any atom is 0.410 e. The second-order valence-corrected chi connectivity index (χ2v) is 9.71. The Morgan fingerprint density at radius 3 is 2.79 bits per heavy atom. The van der Waals surface area contributed by atoms with E-state index >= 15 is 0 Å². The molecular weight excluding hydrogens is 436 g/mol. The first kappa shape index (κ1) is 23.5. The van der Waals surface area contributed by atoms with E-state index < -0.39 is 17.1 Å². The number of aromatic nitrogens is 3. The first-order valence-corrected chi connectivity index (χ1v) is 11.2. The van der Waals surface area contributed by atoms with E-state index in [0.717, 1.165) is 5.56 Å². The Hall–Kier alpha value is -3.65. The number of nitriles is 1. The molecule has 2 aromatic heterocycles. The number of ether oxygens (including phenoxy) is 2. The van der Waals surface area contributed by atoms with Crippen molar-refractivity contribution in [3.8, 4) is 6.07 Å². The van der Waals surface area contributed by atoms with Crippen molar-refractivity contribution >= 4 is 28.8 Å². The largest absolute Gasteiger partial charge is 0.444 e. The number of carbonyl (C=O) groups is 1. The van der Waals surface area contributed by atoms with E-state index in [-0.39, 0.29) is 25.0 Å². The van der Waals surface area contributed by atoms with Crippen molar-refractivity contribution in [3.05, 3.63) is 30.1 Å². The lowest BCUT2D eigenvalue weighted by Crippen LogP contribution is -2.61. The minimum Gasteiger partial charge on any atom is -0.444 e. The number of nitrogens with zero attached hydrogens (tertiary/aromatic N) is 6. The molecule has 34 heavy (non-hydrogen) atoms. The molecule has 2 aliphatic heterocycles.